The highest BCUT2D eigenvalue weighted by Gasteiger charge is 2.38. The molecule has 1 aromatic rings. The van der Waals surface area contributed by atoms with E-state index in [-0.39, 0.29) is 29.4 Å². The molecule has 0 amide bonds. The summed E-state index contributed by atoms with van der Waals surface area (Å²) in [7, 11) is -1.76. The summed E-state index contributed by atoms with van der Waals surface area (Å²) in [5.41, 5.74) is 0.730. The second-order valence-corrected chi connectivity index (χ2v) is 10.4. The van der Waals surface area contributed by atoms with Gasteiger partial charge >= 0.3 is 0 Å². The van der Waals surface area contributed by atoms with E-state index in [4.69, 9.17) is 4.74 Å². The van der Waals surface area contributed by atoms with Crippen molar-refractivity contribution in [2.24, 2.45) is 11.8 Å². The molecule has 0 fully saturated rings. The highest BCUT2D eigenvalue weighted by molar-refractivity contribution is 7.89. The van der Waals surface area contributed by atoms with Crippen molar-refractivity contribution in [1.29, 1.82) is 0 Å². The van der Waals surface area contributed by atoms with Crippen molar-refractivity contribution in [3.63, 3.8) is 0 Å². The van der Waals surface area contributed by atoms with E-state index in [0.717, 1.165) is 18.5 Å². The molecular formula is C23H36N2O4S. The van der Waals surface area contributed by atoms with Crippen molar-refractivity contribution < 1.29 is 18.3 Å². The third-order valence-corrected chi connectivity index (χ3v) is 7.29. The Balaban J connectivity index is 2.56. The second-order valence-electron chi connectivity index (χ2n) is 8.59. The van der Waals surface area contributed by atoms with Gasteiger partial charge in [-0.05, 0) is 45.1 Å². The topological polar surface area (TPSA) is 70.1 Å². The minimum Gasteiger partial charge on any atom is -0.487 e. The largest absolute Gasteiger partial charge is 0.487 e. The summed E-state index contributed by atoms with van der Waals surface area (Å²) in [5.74, 6) is 6.72. The van der Waals surface area contributed by atoms with Crippen molar-refractivity contribution in [3.05, 3.63) is 23.8 Å². The predicted molar refractivity (Wildman–Crippen MR) is 120 cm³/mol. The quantitative estimate of drug-likeness (QED) is 0.695. The van der Waals surface area contributed by atoms with Gasteiger partial charge in [0.2, 0.25) is 10.0 Å². The molecule has 0 saturated carbocycles. The van der Waals surface area contributed by atoms with Crippen LogP contribution in [0.15, 0.2) is 23.1 Å². The van der Waals surface area contributed by atoms with Crippen LogP contribution in [0.3, 0.4) is 0 Å². The van der Waals surface area contributed by atoms with Gasteiger partial charge in [-0.25, -0.2) is 8.42 Å². The van der Waals surface area contributed by atoms with Crippen LogP contribution < -0.4 is 4.74 Å². The van der Waals surface area contributed by atoms with Gasteiger partial charge in [-0.1, -0.05) is 39.5 Å². The maximum Gasteiger partial charge on any atom is 0.247 e. The Bertz CT molecular complexity index is 873. The van der Waals surface area contributed by atoms with Gasteiger partial charge in [-0.3, -0.25) is 0 Å². The Labute approximate surface area is 182 Å². The van der Waals surface area contributed by atoms with E-state index in [1.807, 2.05) is 20.8 Å². The van der Waals surface area contributed by atoms with E-state index >= 15 is 0 Å². The second kappa shape index (κ2) is 10.6. The van der Waals surface area contributed by atoms with Crippen LogP contribution in [0.1, 0.15) is 46.6 Å². The summed E-state index contributed by atoms with van der Waals surface area (Å²) in [5, 5.41) is 9.70. The van der Waals surface area contributed by atoms with Crippen molar-refractivity contribution in [3.8, 4) is 17.6 Å². The molecule has 0 radical (unpaired) electrons. The number of aliphatic hydroxyl groups excluding tert-OH is 1. The summed E-state index contributed by atoms with van der Waals surface area (Å²) in [6.45, 7) is 11.6. The molecule has 0 unspecified atom stereocenters. The van der Waals surface area contributed by atoms with Crippen molar-refractivity contribution >= 4 is 10.0 Å². The number of likely N-dealkylation sites (N-methyl/N-ethyl adjacent to an activating group) is 1. The van der Waals surface area contributed by atoms with Gasteiger partial charge in [0.05, 0.1) is 6.61 Å². The zero-order valence-corrected chi connectivity index (χ0v) is 19.9. The van der Waals surface area contributed by atoms with E-state index < -0.39 is 16.1 Å². The molecule has 1 aliphatic rings. The molecule has 0 aliphatic carbocycles. The summed E-state index contributed by atoms with van der Waals surface area (Å²) in [6, 6.07) is 4.52. The number of sulfonamides is 1. The molecule has 6 nitrogen and oxygen atoms in total. The first-order valence-corrected chi connectivity index (χ1v) is 12.2. The van der Waals surface area contributed by atoms with Gasteiger partial charge in [0.25, 0.3) is 0 Å². The van der Waals surface area contributed by atoms with E-state index in [1.165, 1.54) is 4.31 Å². The highest BCUT2D eigenvalue weighted by atomic mass is 32.2. The Morgan fingerprint density at radius 1 is 1.33 bits per heavy atom. The first kappa shape index (κ1) is 24.7. The van der Waals surface area contributed by atoms with E-state index in [2.05, 4.69) is 30.7 Å². The molecular weight excluding hydrogens is 400 g/mol. The molecule has 0 bridgehead atoms. The number of rotatable bonds is 6. The molecule has 0 aromatic heterocycles. The summed E-state index contributed by atoms with van der Waals surface area (Å²) in [6.07, 6.45) is 0.850. The van der Waals surface area contributed by atoms with Crippen LogP contribution >= 0.6 is 0 Å². The highest BCUT2D eigenvalue weighted by Crippen LogP contribution is 2.34. The molecule has 30 heavy (non-hydrogen) atoms. The smallest absolute Gasteiger partial charge is 0.247 e. The number of aliphatic hydroxyl groups is 1. The van der Waals surface area contributed by atoms with Crippen LogP contribution in [-0.2, 0) is 10.0 Å². The zero-order chi connectivity index (χ0) is 22.5. The average Bonchev–Trinajstić information content (AvgIpc) is 2.68. The third kappa shape index (κ3) is 5.98. The Kier molecular flexibility index (Phi) is 8.74. The lowest BCUT2D eigenvalue weighted by Crippen LogP contribution is -2.49. The third-order valence-electron chi connectivity index (χ3n) is 5.27. The lowest BCUT2D eigenvalue weighted by Gasteiger charge is -2.37. The monoisotopic (exact) mass is 436 g/mol. The van der Waals surface area contributed by atoms with Crippen LogP contribution in [0.2, 0.25) is 0 Å². The van der Waals surface area contributed by atoms with Crippen LogP contribution in [0, 0.1) is 23.7 Å². The lowest BCUT2D eigenvalue weighted by atomic mass is 10.0. The summed E-state index contributed by atoms with van der Waals surface area (Å²) >= 11 is 0. The van der Waals surface area contributed by atoms with Crippen molar-refractivity contribution in [2.75, 3.05) is 33.3 Å². The Morgan fingerprint density at radius 2 is 2.03 bits per heavy atom. The normalized spacial score (nSPS) is 22.4. The Hall–Kier alpha value is -1.59. The molecule has 1 heterocycles. The van der Waals surface area contributed by atoms with E-state index in [1.54, 1.807) is 25.1 Å². The molecule has 7 heteroatoms. The van der Waals surface area contributed by atoms with Crippen molar-refractivity contribution in [2.45, 2.75) is 58.1 Å². The minimum absolute atomic E-state index is 0.0494. The van der Waals surface area contributed by atoms with Crippen LogP contribution in [0.5, 0.6) is 5.75 Å². The molecule has 2 rings (SSSR count). The number of hydrogen-bond acceptors (Lipinski definition) is 5. The fraction of sp³-hybridized carbons (Fsp3) is 0.652. The molecule has 0 spiro atoms. The predicted octanol–water partition coefficient (Wildman–Crippen LogP) is 2.80. The minimum atomic E-state index is -3.81. The average molecular weight is 437 g/mol. The van der Waals surface area contributed by atoms with Crippen LogP contribution in [0.25, 0.3) is 0 Å². The fourth-order valence-corrected chi connectivity index (χ4v) is 5.35. The summed E-state index contributed by atoms with van der Waals surface area (Å²) < 4.78 is 34.6. The molecule has 3 atom stereocenters. The SMILES string of the molecule is CCCN(C)C[C@H]1Oc2cc(C#CC(C)C)ccc2S(=O)(=O)N([C@H](C)CO)C[C@@H]1C. The first-order valence-electron chi connectivity index (χ1n) is 10.7. The number of nitrogens with zero attached hydrogens (tertiary/aromatic N) is 2. The van der Waals surface area contributed by atoms with Gasteiger partial charge in [0, 0.05) is 36.5 Å². The van der Waals surface area contributed by atoms with Gasteiger partial charge in [0.15, 0.2) is 0 Å². The Morgan fingerprint density at radius 3 is 2.63 bits per heavy atom. The first-order chi connectivity index (χ1) is 14.1. The van der Waals surface area contributed by atoms with Gasteiger partial charge in [-0.15, -0.1) is 0 Å². The van der Waals surface area contributed by atoms with E-state index in [0.29, 0.717) is 18.8 Å². The van der Waals surface area contributed by atoms with Crippen LogP contribution in [0.4, 0.5) is 0 Å². The van der Waals surface area contributed by atoms with Crippen LogP contribution in [-0.4, -0.2) is 68.2 Å². The maximum absolute atomic E-state index is 13.4. The van der Waals surface area contributed by atoms with E-state index in [9.17, 15) is 13.5 Å². The molecule has 168 valence electrons. The molecule has 0 saturated heterocycles. The standard InChI is InChI=1S/C23H36N2O4S/c1-7-12-24(6)15-22-18(4)14-25(19(5)16-26)30(27,28)23-11-10-20(9-8-17(2)3)13-21(23)29-22/h10-11,13,17-19,22,26H,7,12,14-16H2,1-6H3/t18-,19+,22+/m0/s1. The maximum atomic E-state index is 13.4. The number of benzene rings is 1. The van der Waals surface area contributed by atoms with Gasteiger partial charge < -0.3 is 14.7 Å². The lowest BCUT2D eigenvalue weighted by molar-refractivity contribution is 0.0752. The van der Waals surface area contributed by atoms with Gasteiger partial charge in [0.1, 0.15) is 16.7 Å². The zero-order valence-electron chi connectivity index (χ0n) is 19.1. The van der Waals surface area contributed by atoms with Crippen molar-refractivity contribution in [1.82, 2.24) is 9.21 Å². The molecule has 1 aromatic carbocycles. The molecule has 1 N–H and O–H groups in total. The number of fused-ring (bicyclic) bond motifs is 1. The number of ether oxygens (including phenoxy) is 1. The van der Waals surface area contributed by atoms with Gasteiger partial charge in [-0.2, -0.15) is 4.31 Å². The molecule has 1 aliphatic heterocycles. The summed E-state index contributed by atoms with van der Waals surface area (Å²) in [4.78, 5) is 2.34. The number of hydrogen-bond donors (Lipinski definition) is 1. The fourth-order valence-electron chi connectivity index (χ4n) is 3.53.